The third kappa shape index (κ3) is 4.21. The van der Waals surface area contributed by atoms with Crippen LogP contribution in [0.3, 0.4) is 0 Å². The average molecular weight is 434 g/mol. The Labute approximate surface area is 189 Å². The molecule has 4 heterocycles. The lowest BCUT2D eigenvalue weighted by Gasteiger charge is -2.28. The zero-order valence-electron chi connectivity index (χ0n) is 18.5. The van der Waals surface area contributed by atoms with Gasteiger partial charge in [-0.3, -0.25) is 4.79 Å². The van der Waals surface area contributed by atoms with Crippen molar-refractivity contribution < 1.29 is 9.59 Å². The Morgan fingerprint density at radius 1 is 1.03 bits per heavy atom. The van der Waals surface area contributed by atoms with Gasteiger partial charge in [0, 0.05) is 19.3 Å². The van der Waals surface area contributed by atoms with Crippen LogP contribution < -0.4 is 10.2 Å². The van der Waals surface area contributed by atoms with Crippen LogP contribution in [0.15, 0.2) is 42.6 Å². The first-order chi connectivity index (χ1) is 15.7. The first kappa shape index (κ1) is 20.9. The number of carbonyl (C=O) groups is 2. The Morgan fingerprint density at radius 2 is 1.84 bits per heavy atom. The summed E-state index contributed by atoms with van der Waals surface area (Å²) in [6.07, 6.45) is 9.12. The lowest BCUT2D eigenvalue weighted by atomic mass is 10.0. The topological polar surface area (TPSA) is 68.8 Å². The molecule has 2 saturated heterocycles. The van der Waals surface area contributed by atoms with Crippen LogP contribution in [-0.2, 0) is 0 Å². The number of carbonyl (C=O) groups excluding carboxylic acids is 2. The van der Waals surface area contributed by atoms with Crippen molar-refractivity contribution in [3.8, 4) is 0 Å². The summed E-state index contributed by atoms with van der Waals surface area (Å²) in [5, 5.41) is 2.93. The highest BCUT2D eigenvalue weighted by atomic mass is 16.2. The van der Waals surface area contributed by atoms with Crippen LogP contribution >= 0.6 is 0 Å². The molecular formula is C25H31N5O2. The van der Waals surface area contributed by atoms with E-state index < -0.39 is 0 Å². The molecule has 0 aliphatic carbocycles. The maximum atomic E-state index is 13.7. The normalized spacial score (nSPS) is 21.4. The Hall–Kier alpha value is -2.93. The Kier molecular flexibility index (Phi) is 6.08. The van der Waals surface area contributed by atoms with E-state index in [1.54, 1.807) is 23.2 Å². The molecule has 2 aromatic rings. The number of likely N-dealkylation sites (tertiary alicyclic amines) is 2. The molecule has 0 radical (unpaired) electrons. The summed E-state index contributed by atoms with van der Waals surface area (Å²) >= 11 is 0. The number of fused-ring (bicyclic) bond motifs is 2. The second-order valence-electron chi connectivity index (χ2n) is 9.11. The third-order valence-corrected chi connectivity index (χ3v) is 6.94. The number of pyridine rings is 1. The molecule has 0 spiro atoms. The SMILES string of the molecule is O=C1Nc2ccccc2N(C(=O)N2CCC(CCN3CCCCCC3)C2)c2ncccc21. The number of hydrogen-bond donors (Lipinski definition) is 1. The molecule has 1 unspecified atom stereocenters. The van der Waals surface area contributed by atoms with Crippen molar-refractivity contribution >= 4 is 29.1 Å². The molecule has 3 amide bonds. The van der Waals surface area contributed by atoms with E-state index in [1.165, 1.54) is 38.8 Å². The second kappa shape index (κ2) is 9.28. The highest BCUT2D eigenvalue weighted by Crippen LogP contribution is 2.38. The minimum absolute atomic E-state index is 0.105. The smallest absolute Gasteiger partial charge is 0.324 e. The molecule has 3 aliphatic heterocycles. The van der Waals surface area contributed by atoms with Crippen molar-refractivity contribution in [3.63, 3.8) is 0 Å². The number of para-hydroxylation sites is 2. The fourth-order valence-electron chi connectivity index (χ4n) is 5.13. The number of rotatable bonds is 3. The van der Waals surface area contributed by atoms with Gasteiger partial charge in [0.2, 0.25) is 0 Å². The minimum atomic E-state index is -0.243. The van der Waals surface area contributed by atoms with E-state index in [2.05, 4.69) is 15.2 Å². The number of nitrogens with zero attached hydrogens (tertiary/aromatic N) is 4. The maximum absolute atomic E-state index is 13.7. The van der Waals surface area contributed by atoms with Gasteiger partial charge in [-0.15, -0.1) is 0 Å². The number of anilines is 3. The molecule has 0 saturated carbocycles. The van der Waals surface area contributed by atoms with Gasteiger partial charge in [-0.05, 0) is 75.5 Å². The number of urea groups is 1. The fraction of sp³-hybridized carbons (Fsp3) is 0.480. The zero-order chi connectivity index (χ0) is 21.9. The molecule has 1 aromatic heterocycles. The third-order valence-electron chi connectivity index (χ3n) is 6.94. The van der Waals surface area contributed by atoms with Gasteiger partial charge in [-0.1, -0.05) is 25.0 Å². The van der Waals surface area contributed by atoms with Gasteiger partial charge >= 0.3 is 6.03 Å². The van der Waals surface area contributed by atoms with Crippen LogP contribution in [0.1, 0.15) is 48.9 Å². The lowest BCUT2D eigenvalue weighted by Crippen LogP contribution is -2.40. The van der Waals surface area contributed by atoms with Crippen LogP contribution in [0.4, 0.5) is 22.0 Å². The first-order valence-corrected chi connectivity index (χ1v) is 11.9. The Bertz CT molecular complexity index is 986. The molecule has 3 aliphatic rings. The average Bonchev–Trinajstić information content (AvgIpc) is 3.07. The largest absolute Gasteiger partial charge is 0.330 e. The summed E-state index contributed by atoms with van der Waals surface area (Å²) in [6, 6.07) is 10.8. The van der Waals surface area contributed by atoms with Crippen molar-refractivity contribution in [2.45, 2.75) is 38.5 Å². The van der Waals surface area contributed by atoms with E-state index >= 15 is 0 Å². The highest BCUT2D eigenvalue weighted by Gasteiger charge is 2.35. The molecule has 5 rings (SSSR count). The molecule has 1 aromatic carbocycles. The van der Waals surface area contributed by atoms with E-state index in [4.69, 9.17) is 0 Å². The van der Waals surface area contributed by atoms with Gasteiger partial charge in [-0.2, -0.15) is 0 Å². The Morgan fingerprint density at radius 3 is 2.69 bits per heavy atom. The molecular weight excluding hydrogens is 402 g/mol. The second-order valence-corrected chi connectivity index (χ2v) is 9.11. The molecule has 168 valence electrons. The van der Waals surface area contributed by atoms with Crippen molar-refractivity contribution in [2.75, 3.05) is 42.9 Å². The summed E-state index contributed by atoms with van der Waals surface area (Å²) < 4.78 is 0. The van der Waals surface area contributed by atoms with Crippen LogP contribution in [0.5, 0.6) is 0 Å². The molecule has 7 heteroatoms. The number of benzene rings is 1. The van der Waals surface area contributed by atoms with Gasteiger partial charge < -0.3 is 15.1 Å². The fourth-order valence-corrected chi connectivity index (χ4v) is 5.13. The van der Waals surface area contributed by atoms with Gasteiger partial charge in [-0.25, -0.2) is 14.7 Å². The molecule has 32 heavy (non-hydrogen) atoms. The summed E-state index contributed by atoms with van der Waals surface area (Å²) in [4.78, 5) is 37.1. The number of nitrogens with one attached hydrogen (secondary N) is 1. The van der Waals surface area contributed by atoms with Crippen molar-refractivity contribution in [3.05, 3.63) is 48.2 Å². The maximum Gasteiger partial charge on any atom is 0.330 e. The number of aromatic nitrogens is 1. The van der Waals surface area contributed by atoms with Crippen LogP contribution in [0.2, 0.25) is 0 Å². The van der Waals surface area contributed by atoms with E-state index in [0.717, 1.165) is 32.5 Å². The summed E-state index contributed by atoms with van der Waals surface area (Å²) in [6.45, 7) is 5.05. The van der Waals surface area contributed by atoms with Crippen molar-refractivity contribution in [1.82, 2.24) is 14.8 Å². The van der Waals surface area contributed by atoms with Gasteiger partial charge in [0.05, 0.1) is 16.9 Å². The van der Waals surface area contributed by atoms with E-state index in [1.807, 2.05) is 29.2 Å². The van der Waals surface area contributed by atoms with Crippen LogP contribution in [0.25, 0.3) is 0 Å². The summed E-state index contributed by atoms with van der Waals surface area (Å²) in [5.74, 6) is 0.674. The number of hydrogen-bond acceptors (Lipinski definition) is 4. The molecule has 0 bridgehead atoms. The van der Waals surface area contributed by atoms with E-state index in [-0.39, 0.29) is 11.9 Å². The van der Waals surface area contributed by atoms with Crippen molar-refractivity contribution in [1.29, 1.82) is 0 Å². The van der Waals surface area contributed by atoms with Gasteiger partial charge in [0.25, 0.3) is 5.91 Å². The predicted molar refractivity (Wildman–Crippen MR) is 125 cm³/mol. The van der Waals surface area contributed by atoms with E-state index in [0.29, 0.717) is 28.7 Å². The first-order valence-electron chi connectivity index (χ1n) is 11.9. The van der Waals surface area contributed by atoms with Crippen LogP contribution in [0, 0.1) is 5.92 Å². The van der Waals surface area contributed by atoms with Gasteiger partial charge in [0.15, 0.2) is 5.82 Å². The monoisotopic (exact) mass is 433 g/mol. The Balaban J connectivity index is 1.33. The predicted octanol–water partition coefficient (Wildman–Crippen LogP) is 4.49. The number of amides is 3. The zero-order valence-corrected chi connectivity index (χ0v) is 18.5. The molecule has 1 atom stereocenters. The molecule has 2 fully saturated rings. The van der Waals surface area contributed by atoms with Gasteiger partial charge in [0.1, 0.15) is 0 Å². The van der Waals surface area contributed by atoms with Crippen molar-refractivity contribution in [2.24, 2.45) is 5.92 Å². The molecule has 1 N–H and O–H groups in total. The van der Waals surface area contributed by atoms with Crippen LogP contribution in [-0.4, -0.2) is 59.4 Å². The summed E-state index contributed by atoms with van der Waals surface area (Å²) in [5.41, 5.74) is 1.70. The minimum Gasteiger partial charge on any atom is -0.324 e. The summed E-state index contributed by atoms with van der Waals surface area (Å²) in [7, 11) is 0. The standard InChI is InChI=1S/C25H31N5O2/c31-24-20-8-7-13-26-23(20)30(22-10-4-3-9-21(22)27-24)25(32)29-17-12-19(18-29)11-16-28-14-5-1-2-6-15-28/h3-4,7-10,13,19H,1-2,5-6,11-12,14-18H2,(H,27,31). The lowest BCUT2D eigenvalue weighted by molar-refractivity contribution is 0.102. The highest BCUT2D eigenvalue weighted by molar-refractivity contribution is 6.16. The molecule has 7 nitrogen and oxygen atoms in total. The quantitative estimate of drug-likeness (QED) is 0.774. The van der Waals surface area contributed by atoms with E-state index in [9.17, 15) is 9.59 Å².